The lowest BCUT2D eigenvalue weighted by atomic mass is 9.87. The molecule has 2 aromatic carbocycles. The molecular weight excluding hydrogens is 420 g/mol. The van der Waals surface area contributed by atoms with Crippen LogP contribution in [-0.2, 0) is 21.7 Å². The second kappa shape index (κ2) is 8.39. The smallest absolute Gasteiger partial charge is 0.325 e. The lowest BCUT2D eigenvalue weighted by Crippen LogP contribution is -2.44. The van der Waals surface area contributed by atoms with Crippen molar-refractivity contribution >= 4 is 41.0 Å². The van der Waals surface area contributed by atoms with Crippen LogP contribution in [0, 0.1) is 5.82 Å². The standard InChI is InChI=1S/C20H18Cl2FN3O3/c1-2-20(13-4-7-15(23)8-5-13)18(28)26(19(29)25-20)11-17(27)24-10-12-3-6-14(21)9-16(12)22/h3-9H,2,10-11H2,1H3,(H,24,27)(H,25,29)/t20-/m1/s1. The third-order valence-corrected chi connectivity index (χ3v) is 5.42. The highest BCUT2D eigenvalue weighted by Crippen LogP contribution is 2.32. The number of hydrogen-bond acceptors (Lipinski definition) is 3. The van der Waals surface area contributed by atoms with Crippen molar-refractivity contribution in [3.05, 3.63) is 69.5 Å². The Bertz CT molecular complexity index is 968. The average Bonchev–Trinajstić information content (AvgIpc) is 2.93. The summed E-state index contributed by atoms with van der Waals surface area (Å²) < 4.78 is 13.2. The fourth-order valence-electron chi connectivity index (χ4n) is 3.20. The molecule has 0 unspecified atom stereocenters. The van der Waals surface area contributed by atoms with Crippen LogP contribution < -0.4 is 10.6 Å². The number of hydrogen-bond donors (Lipinski definition) is 2. The molecule has 152 valence electrons. The summed E-state index contributed by atoms with van der Waals surface area (Å²) in [7, 11) is 0. The van der Waals surface area contributed by atoms with Crippen LogP contribution >= 0.6 is 23.2 Å². The van der Waals surface area contributed by atoms with Crippen molar-refractivity contribution in [2.75, 3.05) is 6.54 Å². The average molecular weight is 438 g/mol. The summed E-state index contributed by atoms with van der Waals surface area (Å²) in [6.07, 6.45) is 0.252. The number of imide groups is 1. The second-order valence-electron chi connectivity index (χ2n) is 6.60. The first-order valence-corrected chi connectivity index (χ1v) is 9.63. The summed E-state index contributed by atoms with van der Waals surface area (Å²) in [5, 5.41) is 6.15. The number of nitrogens with zero attached hydrogens (tertiary/aromatic N) is 1. The number of nitrogens with one attached hydrogen (secondary N) is 2. The molecule has 2 N–H and O–H groups in total. The first-order chi connectivity index (χ1) is 13.8. The van der Waals surface area contributed by atoms with E-state index in [1.807, 2.05) is 0 Å². The van der Waals surface area contributed by atoms with Gasteiger partial charge in [-0.05, 0) is 41.8 Å². The van der Waals surface area contributed by atoms with E-state index in [0.29, 0.717) is 21.2 Å². The van der Waals surface area contributed by atoms with Gasteiger partial charge in [-0.25, -0.2) is 9.18 Å². The predicted octanol–water partition coefficient (Wildman–Crippen LogP) is 3.61. The van der Waals surface area contributed by atoms with Crippen LogP contribution in [-0.4, -0.2) is 29.3 Å². The van der Waals surface area contributed by atoms with Crippen molar-refractivity contribution in [2.24, 2.45) is 0 Å². The molecule has 1 aliphatic rings. The molecule has 1 aliphatic heterocycles. The zero-order chi connectivity index (χ0) is 21.2. The number of carbonyl (C=O) groups is 3. The molecule has 6 nitrogen and oxygen atoms in total. The van der Waals surface area contributed by atoms with E-state index in [9.17, 15) is 18.8 Å². The minimum absolute atomic E-state index is 0.120. The Hall–Kier alpha value is -2.64. The van der Waals surface area contributed by atoms with Gasteiger partial charge in [-0.2, -0.15) is 0 Å². The molecule has 1 heterocycles. The highest BCUT2D eigenvalue weighted by atomic mass is 35.5. The lowest BCUT2D eigenvalue weighted by molar-refractivity contribution is -0.135. The van der Waals surface area contributed by atoms with Gasteiger partial charge < -0.3 is 10.6 Å². The molecule has 0 bridgehead atoms. The normalized spacial score (nSPS) is 18.7. The largest absolute Gasteiger partial charge is 0.350 e. The number of amides is 4. The Morgan fingerprint density at radius 3 is 2.48 bits per heavy atom. The maximum absolute atomic E-state index is 13.2. The Kier molecular flexibility index (Phi) is 6.10. The van der Waals surface area contributed by atoms with E-state index in [1.165, 1.54) is 24.3 Å². The Morgan fingerprint density at radius 2 is 1.86 bits per heavy atom. The molecule has 0 radical (unpaired) electrons. The van der Waals surface area contributed by atoms with Gasteiger partial charge in [0.1, 0.15) is 17.9 Å². The summed E-state index contributed by atoms with van der Waals surface area (Å²) in [4.78, 5) is 38.6. The number of urea groups is 1. The van der Waals surface area contributed by atoms with Gasteiger partial charge in [-0.15, -0.1) is 0 Å². The fraction of sp³-hybridized carbons (Fsp3) is 0.250. The fourth-order valence-corrected chi connectivity index (χ4v) is 3.68. The van der Waals surface area contributed by atoms with Crippen molar-refractivity contribution in [2.45, 2.75) is 25.4 Å². The van der Waals surface area contributed by atoms with Gasteiger partial charge in [0.2, 0.25) is 5.91 Å². The maximum Gasteiger partial charge on any atom is 0.325 e. The molecule has 2 aromatic rings. The van der Waals surface area contributed by atoms with Crippen molar-refractivity contribution in [1.82, 2.24) is 15.5 Å². The Labute approximate surface area is 177 Å². The van der Waals surface area contributed by atoms with Crippen LogP contribution in [0.3, 0.4) is 0 Å². The minimum atomic E-state index is -1.33. The third-order valence-electron chi connectivity index (χ3n) is 4.84. The molecule has 0 aromatic heterocycles. The molecule has 1 fully saturated rings. The highest BCUT2D eigenvalue weighted by Gasteiger charge is 2.51. The molecular formula is C20H18Cl2FN3O3. The summed E-state index contributed by atoms with van der Waals surface area (Å²) in [5.74, 6) is -1.53. The van der Waals surface area contributed by atoms with Crippen molar-refractivity contribution < 1.29 is 18.8 Å². The molecule has 9 heteroatoms. The van der Waals surface area contributed by atoms with Crippen LogP contribution in [0.5, 0.6) is 0 Å². The van der Waals surface area contributed by atoms with Crippen LogP contribution in [0.1, 0.15) is 24.5 Å². The van der Waals surface area contributed by atoms with E-state index in [-0.39, 0.29) is 13.0 Å². The van der Waals surface area contributed by atoms with Gasteiger partial charge in [0, 0.05) is 16.6 Å². The SMILES string of the molecule is CC[C@]1(c2ccc(F)cc2)NC(=O)N(CC(=O)NCc2ccc(Cl)cc2Cl)C1=O. The van der Waals surface area contributed by atoms with Crippen LogP contribution in [0.4, 0.5) is 9.18 Å². The molecule has 3 rings (SSSR count). The summed E-state index contributed by atoms with van der Waals surface area (Å²) in [6, 6.07) is 9.53. The highest BCUT2D eigenvalue weighted by molar-refractivity contribution is 6.35. The molecule has 1 saturated heterocycles. The molecule has 0 saturated carbocycles. The van der Waals surface area contributed by atoms with Gasteiger partial charge in [0.15, 0.2) is 0 Å². The van der Waals surface area contributed by atoms with E-state index in [1.54, 1.807) is 25.1 Å². The van der Waals surface area contributed by atoms with Crippen molar-refractivity contribution in [3.63, 3.8) is 0 Å². The number of halogens is 3. The van der Waals surface area contributed by atoms with E-state index in [2.05, 4.69) is 10.6 Å². The first-order valence-electron chi connectivity index (χ1n) is 8.87. The van der Waals surface area contributed by atoms with Gasteiger partial charge >= 0.3 is 6.03 Å². The summed E-state index contributed by atoms with van der Waals surface area (Å²) >= 11 is 11.9. The van der Waals surface area contributed by atoms with Crippen LogP contribution in [0.2, 0.25) is 10.0 Å². The van der Waals surface area contributed by atoms with E-state index in [0.717, 1.165) is 4.90 Å². The van der Waals surface area contributed by atoms with Crippen molar-refractivity contribution in [1.29, 1.82) is 0 Å². The molecule has 0 spiro atoms. The quantitative estimate of drug-likeness (QED) is 0.677. The van der Waals surface area contributed by atoms with Crippen LogP contribution in [0.25, 0.3) is 0 Å². The Morgan fingerprint density at radius 1 is 1.17 bits per heavy atom. The number of rotatable bonds is 6. The van der Waals surface area contributed by atoms with Gasteiger partial charge in [-0.3, -0.25) is 14.5 Å². The molecule has 29 heavy (non-hydrogen) atoms. The number of benzene rings is 2. The van der Waals surface area contributed by atoms with Gasteiger partial charge in [0.25, 0.3) is 5.91 Å². The van der Waals surface area contributed by atoms with Crippen molar-refractivity contribution in [3.8, 4) is 0 Å². The minimum Gasteiger partial charge on any atom is -0.350 e. The zero-order valence-electron chi connectivity index (χ0n) is 15.5. The second-order valence-corrected chi connectivity index (χ2v) is 7.44. The summed E-state index contributed by atoms with van der Waals surface area (Å²) in [5.41, 5.74) is -0.226. The topological polar surface area (TPSA) is 78.5 Å². The Balaban J connectivity index is 1.70. The first kappa shape index (κ1) is 21.1. The number of carbonyl (C=O) groups excluding carboxylic acids is 3. The lowest BCUT2D eigenvalue weighted by Gasteiger charge is -2.25. The summed E-state index contributed by atoms with van der Waals surface area (Å²) in [6.45, 7) is 1.40. The third kappa shape index (κ3) is 4.21. The zero-order valence-corrected chi connectivity index (χ0v) is 17.0. The van der Waals surface area contributed by atoms with Gasteiger partial charge in [0.05, 0.1) is 0 Å². The van der Waals surface area contributed by atoms with E-state index in [4.69, 9.17) is 23.2 Å². The van der Waals surface area contributed by atoms with E-state index < -0.39 is 35.7 Å². The molecule has 0 aliphatic carbocycles. The maximum atomic E-state index is 13.2. The van der Waals surface area contributed by atoms with Crippen LogP contribution in [0.15, 0.2) is 42.5 Å². The molecule has 1 atom stereocenters. The molecule has 4 amide bonds. The predicted molar refractivity (Wildman–Crippen MR) is 107 cm³/mol. The monoisotopic (exact) mass is 437 g/mol. The van der Waals surface area contributed by atoms with E-state index >= 15 is 0 Å². The van der Waals surface area contributed by atoms with Gasteiger partial charge in [-0.1, -0.05) is 48.3 Å².